The summed E-state index contributed by atoms with van der Waals surface area (Å²) < 4.78 is 1.15. The molecule has 3 aromatic rings. The topological polar surface area (TPSA) is 54.0 Å². The highest BCUT2D eigenvalue weighted by molar-refractivity contribution is 7.21. The molecular weight excluding hydrogens is 354 g/mol. The van der Waals surface area contributed by atoms with Gasteiger partial charge in [-0.1, -0.05) is 24.3 Å². The third-order valence-corrected chi connectivity index (χ3v) is 5.21. The Hall–Kier alpha value is -1.95. The molecular formula is C19H20ClN3OS. The molecule has 0 spiro atoms. The van der Waals surface area contributed by atoms with Crippen LogP contribution in [0.3, 0.4) is 0 Å². The molecule has 1 aromatic heterocycles. The zero-order valence-corrected chi connectivity index (χ0v) is 15.3. The van der Waals surface area contributed by atoms with Crippen LogP contribution in [0.5, 0.6) is 0 Å². The number of hydrogen-bond donors (Lipinski definition) is 2. The minimum atomic E-state index is -0.00999. The number of benzene rings is 2. The van der Waals surface area contributed by atoms with Crippen LogP contribution < -0.4 is 10.6 Å². The van der Waals surface area contributed by atoms with Crippen molar-refractivity contribution < 1.29 is 4.79 Å². The first-order valence-corrected chi connectivity index (χ1v) is 9.07. The summed E-state index contributed by atoms with van der Waals surface area (Å²) in [6.45, 7) is 1.29. The summed E-state index contributed by atoms with van der Waals surface area (Å²) in [6, 6.07) is 15.9. The van der Waals surface area contributed by atoms with Crippen LogP contribution in [0.15, 0.2) is 48.5 Å². The van der Waals surface area contributed by atoms with Gasteiger partial charge in [-0.2, -0.15) is 0 Å². The van der Waals surface area contributed by atoms with Crippen LogP contribution in [-0.4, -0.2) is 24.0 Å². The van der Waals surface area contributed by atoms with Crippen molar-refractivity contribution in [3.8, 4) is 10.6 Å². The van der Waals surface area contributed by atoms with Crippen molar-refractivity contribution >= 4 is 45.6 Å². The van der Waals surface area contributed by atoms with Gasteiger partial charge in [0.05, 0.1) is 22.4 Å². The highest BCUT2D eigenvalue weighted by Gasteiger charge is 2.20. The molecule has 130 valence electrons. The lowest BCUT2D eigenvalue weighted by atomic mass is 10.2. The molecule has 2 aromatic carbocycles. The maximum Gasteiger partial charge on any atom is 0.238 e. The molecule has 1 fully saturated rings. The van der Waals surface area contributed by atoms with Crippen LogP contribution in [0.1, 0.15) is 12.8 Å². The number of thiazole rings is 1. The van der Waals surface area contributed by atoms with Crippen LogP contribution in [0.4, 0.5) is 5.69 Å². The molecule has 1 amide bonds. The van der Waals surface area contributed by atoms with E-state index in [-0.39, 0.29) is 18.3 Å². The zero-order chi connectivity index (χ0) is 16.4. The summed E-state index contributed by atoms with van der Waals surface area (Å²) in [5, 5.41) is 7.16. The number of hydrogen-bond acceptors (Lipinski definition) is 4. The van der Waals surface area contributed by atoms with Crippen molar-refractivity contribution in [3.05, 3.63) is 48.5 Å². The average molecular weight is 374 g/mol. The molecule has 4 nitrogen and oxygen atoms in total. The molecule has 0 unspecified atom stereocenters. The Balaban J connectivity index is 0.00000182. The van der Waals surface area contributed by atoms with Crippen LogP contribution in [0.25, 0.3) is 20.8 Å². The predicted molar refractivity (Wildman–Crippen MR) is 107 cm³/mol. The van der Waals surface area contributed by atoms with Gasteiger partial charge in [0.25, 0.3) is 0 Å². The molecule has 25 heavy (non-hydrogen) atoms. The lowest BCUT2D eigenvalue weighted by molar-refractivity contribution is -0.115. The molecule has 6 heteroatoms. The number of aromatic nitrogens is 1. The van der Waals surface area contributed by atoms with E-state index in [1.165, 1.54) is 12.8 Å². The van der Waals surface area contributed by atoms with E-state index < -0.39 is 0 Å². The number of fused-ring (bicyclic) bond motifs is 1. The molecule has 0 aliphatic heterocycles. The third kappa shape index (κ3) is 4.37. The summed E-state index contributed by atoms with van der Waals surface area (Å²) >= 11 is 1.64. The van der Waals surface area contributed by atoms with Gasteiger partial charge in [-0.25, -0.2) is 4.98 Å². The van der Waals surface area contributed by atoms with Gasteiger partial charge in [0.1, 0.15) is 5.01 Å². The first-order chi connectivity index (χ1) is 11.8. The maximum absolute atomic E-state index is 12.2. The van der Waals surface area contributed by atoms with Gasteiger partial charge in [-0.05, 0) is 49.6 Å². The van der Waals surface area contributed by atoms with E-state index in [1.54, 1.807) is 11.3 Å². The number of carbonyl (C=O) groups excluding carboxylic acids is 1. The Morgan fingerprint density at radius 2 is 1.88 bits per heavy atom. The van der Waals surface area contributed by atoms with E-state index in [9.17, 15) is 4.79 Å². The summed E-state index contributed by atoms with van der Waals surface area (Å²) in [6.07, 6.45) is 2.57. The largest absolute Gasteiger partial charge is 0.324 e. The first-order valence-electron chi connectivity index (χ1n) is 8.25. The molecule has 2 N–H and O–H groups in total. The minimum absolute atomic E-state index is 0. The third-order valence-electron chi connectivity index (χ3n) is 4.14. The van der Waals surface area contributed by atoms with E-state index in [0.717, 1.165) is 38.9 Å². The van der Waals surface area contributed by atoms with Crippen LogP contribution in [0.2, 0.25) is 0 Å². The fraction of sp³-hybridized carbons (Fsp3) is 0.263. The van der Waals surface area contributed by atoms with E-state index in [0.29, 0.717) is 6.54 Å². The minimum Gasteiger partial charge on any atom is -0.324 e. The predicted octanol–water partition coefficient (Wildman–Crippen LogP) is 4.32. The number of para-hydroxylation sites is 2. The lowest BCUT2D eigenvalue weighted by Crippen LogP contribution is -2.29. The van der Waals surface area contributed by atoms with Crippen molar-refractivity contribution in [1.82, 2.24) is 10.3 Å². The SMILES string of the molecule is Cl.O=C(CNCC1CC1)Nc1ccccc1-c1nc2ccccc2s1. The maximum atomic E-state index is 12.2. The summed E-state index contributed by atoms with van der Waals surface area (Å²) in [7, 11) is 0. The van der Waals surface area contributed by atoms with Gasteiger partial charge >= 0.3 is 0 Å². The number of nitrogens with zero attached hydrogens (tertiary/aromatic N) is 1. The molecule has 1 aliphatic rings. The van der Waals surface area contributed by atoms with E-state index in [1.807, 2.05) is 42.5 Å². The van der Waals surface area contributed by atoms with Crippen LogP contribution >= 0.6 is 23.7 Å². The van der Waals surface area contributed by atoms with Gasteiger partial charge in [0.15, 0.2) is 0 Å². The van der Waals surface area contributed by atoms with Crippen molar-refractivity contribution in [2.45, 2.75) is 12.8 Å². The lowest BCUT2D eigenvalue weighted by Gasteiger charge is -2.10. The molecule has 0 saturated heterocycles. The molecule has 1 aliphatic carbocycles. The number of anilines is 1. The highest BCUT2D eigenvalue weighted by Crippen LogP contribution is 2.34. The fourth-order valence-corrected chi connectivity index (χ4v) is 3.68. The van der Waals surface area contributed by atoms with E-state index in [2.05, 4.69) is 16.7 Å². The molecule has 0 radical (unpaired) electrons. The van der Waals surface area contributed by atoms with Gasteiger partial charge < -0.3 is 10.6 Å². The second-order valence-electron chi connectivity index (χ2n) is 6.15. The Morgan fingerprint density at radius 3 is 2.68 bits per heavy atom. The molecule has 0 atom stereocenters. The average Bonchev–Trinajstić information content (AvgIpc) is 3.31. The Bertz CT molecular complexity index is 843. The Morgan fingerprint density at radius 1 is 1.12 bits per heavy atom. The zero-order valence-electron chi connectivity index (χ0n) is 13.7. The summed E-state index contributed by atoms with van der Waals surface area (Å²) in [5.74, 6) is 0.761. The van der Waals surface area contributed by atoms with Gasteiger partial charge in [0, 0.05) is 5.56 Å². The van der Waals surface area contributed by atoms with Crippen LogP contribution in [-0.2, 0) is 4.79 Å². The second kappa shape index (κ2) is 7.95. The van der Waals surface area contributed by atoms with Crippen molar-refractivity contribution in [2.24, 2.45) is 5.92 Å². The second-order valence-corrected chi connectivity index (χ2v) is 7.19. The molecule has 1 heterocycles. The van der Waals surface area contributed by atoms with Gasteiger partial charge in [0.2, 0.25) is 5.91 Å². The molecule has 1 saturated carbocycles. The fourth-order valence-electron chi connectivity index (χ4n) is 2.67. The first kappa shape index (κ1) is 17.9. The Labute approximate surface area is 157 Å². The molecule has 4 rings (SSSR count). The Kier molecular flexibility index (Phi) is 5.68. The van der Waals surface area contributed by atoms with E-state index >= 15 is 0 Å². The van der Waals surface area contributed by atoms with Gasteiger partial charge in [-0.3, -0.25) is 4.79 Å². The number of nitrogens with one attached hydrogen (secondary N) is 2. The molecule has 0 bridgehead atoms. The number of halogens is 1. The van der Waals surface area contributed by atoms with Gasteiger partial charge in [-0.15, -0.1) is 23.7 Å². The highest BCUT2D eigenvalue weighted by atomic mass is 35.5. The summed E-state index contributed by atoms with van der Waals surface area (Å²) in [4.78, 5) is 16.9. The summed E-state index contributed by atoms with van der Waals surface area (Å²) in [5.41, 5.74) is 2.77. The van der Waals surface area contributed by atoms with Crippen molar-refractivity contribution in [1.29, 1.82) is 0 Å². The number of carbonyl (C=O) groups is 1. The van der Waals surface area contributed by atoms with Crippen molar-refractivity contribution in [3.63, 3.8) is 0 Å². The smallest absolute Gasteiger partial charge is 0.238 e. The van der Waals surface area contributed by atoms with Crippen molar-refractivity contribution in [2.75, 3.05) is 18.4 Å². The number of amides is 1. The standard InChI is InChI=1S/C19H19N3OS.ClH/c23-18(12-20-11-13-9-10-13)21-15-6-2-1-5-14(15)19-22-16-7-3-4-8-17(16)24-19;/h1-8,13,20H,9-12H2,(H,21,23);1H. The van der Waals surface area contributed by atoms with Crippen LogP contribution in [0, 0.1) is 5.92 Å². The quantitative estimate of drug-likeness (QED) is 0.676. The normalized spacial score (nSPS) is 13.4. The van der Waals surface area contributed by atoms with E-state index in [4.69, 9.17) is 4.98 Å². The number of rotatable bonds is 6. The monoisotopic (exact) mass is 373 g/mol.